The average molecular weight is 396 g/mol. The van der Waals surface area contributed by atoms with Crippen molar-refractivity contribution in [3.63, 3.8) is 0 Å². The van der Waals surface area contributed by atoms with E-state index < -0.39 is 23.8 Å². The van der Waals surface area contributed by atoms with Crippen molar-refractivity contribution in [3.05, 3.63) is 34.1 Å². The zero-order valence-corrected chi connectivity index (χ0v) is 15.8. The van der Waals surface area contributed by atoms with E-state index in [1.807, 2.05) is 0 Å². The van der Waals surface area contributed by atoms with Gasteiger partial charge < -0.3 is 10.2 Å². The molecule has 4 rings (SSSR count). The minimum atomic E-state index is -0.654. The van der Waals surface area contributed by atoms with E-state index in [0.717, 1.165) is 11.1 Å². The number of nitrogens with zero attached hydrogens (tertiary/aromatic N) is 1. The van der Waals surface area contributed by atoms with Crippen LogP contribution in [0, 0.1) is 5.82 Å². The van der Waals surface area contributed by atoms with Crippen LogP contribution in [0.2, 0.25) is 5.02 Å². The van der Waals surface area contributed by atoms with Crippen LogP contribution >= 0.6 is 11.6 Å². The number of hydrogen-bond donors (Lipinski definition) is 2. The van der Waals surface area contributed by atoms with E-state index in [1.54, 1.807) is 11.0 Å². The molecule has 1 atom stereocenters. The maximum absolute atomic E-state index is 13.6. The molecule has 8 heteroatoms. The van der Waals surface area contributed by atoms with Gasteiger partial charge in [0.1, 0.15) is 11.9 Å². The second-order valence-corrected chi connectivity index (χ2v) is 7.44. The fourth-order valence-electron chi connectivity index (χ4n) is 3.05. The highest BCUT2D eigenvalue weighted by Crippen LogP contribution is 2.24. The van der Waals surface area contributed by atoms with Crippen molar-refractivity contribution < 1.29 is 18.8 Å². The Labute approximate surface area is 162 Å². The van der Waals surface area contributed by atoms with Gasteiger partial charge in [0.15, 0.2) is 0 Å². The molecule has 146 valence electrons. The molecule has 0 bridgehead atoms. The Morgan fingerprint density at radius 3 is 2.33 bits per heavy atom. The smallest absolute Gasteiger partial charge is 0.322 e. The van der Waals surface area contributed by atoms with Crippen molar-refractivity contribution >= 4 is 29.4 Å². The van der Waals surface area contributed by atoms with Crippen molar-refractivity contribution in [2.45, 2.75) is 51.0 Å². The predicted molar refractivity (Wildman–Crippen MR) is 98.9 cm³/mol. The molecule has 3 aliphatic rings. The SMILES string of the molecule is C1CC1.O=C1NC(=O)C(CCC(=O)N2CCc3cc(F)c(Cl)cc3CC2)N1. The highest BCUT2D eigenvalue weighted by atomic mass is 35.5. The molecular formula is C19H23ClFN3O3. The van der Waals surface area contributed by atoms with Crippen molar-refractivity contribution in [3.8, 4) is 0 Å². The molecule has 1 saturated heterocycles. The van der Waals surface area contributed by atoms with E-state index in [-0.39, 0.29) is 23.8 Å². The van der Waals surface area contributed by atoms with Gasteiger partial charge in [0.05, 0.1) is 5.02 Å². The third-order valence-corrected chi connectivity index (χ3v) is 5.05. The standard InChI is InChI=1S/C16H17ClFN3O3.C3H6/c17-11-7-9-3-5-21(6-4-10(9)8-12(11)18)14(22)2-1-13-15(23)20-16(24)19-13;1-2-3-1/h7-8,13H,1-6H2,(H2,19,20,23,24);1-3H2. The number of fused-ring (bicyclic) bond motifs is 1. The van der Waals surface area contributed by atoms with Crippen LogP contribution in [-0.4, -0.2) is 41.9 Å². The molecule has 0 spiro atoms. The summed E-state index contributed by atoms with van der Waals surface area (Å²) in [7, 11) is 0. The van der Waals surface area contributed by atoms with Gasteiger partial charge in [-0.3, -0.25) is 14.9 Å². The van der Waals surface area contributed by atoms with Gasteiger partial charge in [-0.2, -0.15) is 0 Å². The van der Waals surface area contributed by atoms with Gasteiger partial charge in [0.25, 0.3) is 5.91 Å². The first kappa shape index (κ1) is 19.6. The topological polar surface area (TPSA) is 78.5 Å². The number of halogens is 2. The molecule has 1 unspecified atom stereocenters. The van der Waals surface area contributed by atoms with Crippen molar-refractivity contribution in [2.75, 3.05) is 13.1 Å². The lowest BCUT2D eigenvalue weighted by Crippen LogP contribution is -2.36. The van der Waals surface area contributed by atoms with Crippen LogP contribution in [0.4, 0.5) is 9.18 Å². The molecule has 6 nitrogen and oxygen atoms in total. The Morgan fingerprint density at radius 1 is 1.15 bits per heavy atom. The number of urea groups is 1. The van der Waals surface area contributed by atoms with Crippen molar-refractivity contribution in [2.24, 2.45) is 0 Å². The van der Waals surface area contributed by atoms with Crippen molar-refractivity contribution in [1.29, 1.82) is 0 Å². The highest BCUT2D eigenvalue weighted by Gasteiger charge is 2.30. The molecule has 0 radical (unpaired) electrons. The number of rotatable bonds is 3. The van der Waals surface area contributed by atoms with Crippen LogP contribution in [-0.2, 0) is 22.4 Å². The summed E-state index contributed by atoms with van der Waals surface area (Å²) in [5, 5.41) is 4.71. The summed E-state index contributed by atoms with van der Waals surface area (Å²) >= 11 is 5.82. The zero-order valence-electron chi connectivity index (χ0n) is 15.0. The second kappa shape index (κ2) is 8.69. The molecule has 1 aromatic carbocycles. The zero-order chi connectivity index (χ0) is 19.4. The average Bonchev–Trinajstić information content (AvgIpc) is 3.47. The Bertz CT molecular complexity index is 718. The maximum Gasteiger partial charge on any atom is 0.322 e. The number of carbonyl (C=O) groups is 3. The summed E-state index contributed by atoms with van der Waals surface area (Å²) in [4.78, 5) is 36.6. The summed E-state index contributed by atoms with van der Waals surface area (Å²) in [5.74, 6) is -0.928. The molecule has 2 fully saturated rings. The van der Waals surface area contributed by atoms with Crippen LogP contribution in [0.3, 0.4) is 0 Å². The summed E-state index contributed by atoms with van der Waals surface area (Å²) in [6, 6.07) is 1.88. The summed E-state index contributed by atoms with van der Waals surface area (Å²) < 4.78 is 13.6. The molecule has 1 aliphatic carbocycles. The monoisotopic (exact) mass is 395 g/mol. The van der Waals surface area contributed by atoms with E-state index in [0.29, 0.717) is 25.9 Å². The number of nitrogens with one attached hydrogen (secondary N) is 2. The summed E-state index contributed by atoms with van der Waals surface area (Å²) in [6.45, 7) is 1.02. The fraction of sp³-hybridized carbons (Fsp3) is 0.526. The molecule has 0 aromatic heterocycles. The van der Waals surface area contributed by atoms with E-state index in [9.17, 15) is 18.8 Å². The first-order valence-corrected chi connectivity index (χ1v) is 9.68. The Kier molecular flexibility index (Phi) is 6.31. The summed E-state index contributed by atoms with van der Waals surface area (Å²) in [6.07, 6.45) is 6.11. The minimum Gasteiger partial charge on any atom is -0.342 e. The lowest BCUT2D eigenvalue weighted by molar-refractivity contribution is -0.131. The van der Waals surface area contributed by atoms with Gasteiger partial charge in [-0.1, -0.05) is 30.9 Å². The number of imide groups is 1. The van der Waals surface area contributed by atoms with Gasteiger partial charge in [-0.05, 0) is 42.5 Å². The number of amides is 4. The summed E-state index contributed by atoms with van der Waals surface area (Å²) in [5.41, 5.74) is 1.83. The molecule has 1 aromatic rings. The van der Waals surface area contributed by atoms with Crippen LogP contribution < -0.4 is 10.6 Å². The highest BCUT2D eigenvalue weighted by molar-refractivity contribution is 6.30. The van der Waals surface area contributed by atoms with Gasteiger partial charge >= 0.3 is 6.03 Å². The van der Waals surface area contributed by atoms with Gasteiger partial charge in [0, 0.05) is 19.5 Å². The molecular weight excluding hydrogens is 373 g/mol. The van der Waals surface area contributed by atoms with Crippen LogP contribution in [0.25, 0.3) is 0 Å². The Hall–Kier alpha value is -2.15. The third-order valence-electron chi connectivity index (χ3n) is 4.76. The Morgan fingerprint density at radius 2 is 1.78 bits per heavy atom. The van der Waals surface area contributed by atoms with Gasteiger partial charge in [-0.25, -0.2) is 9.18 Å². The predicted octanol–water partition coefficient (Wildman–Crippen LogP) is 2.56. The minimum absolute atomic E-state index is 0.0803. The molecule has 2 aliphatic heterocycles. The maximum atomic E-state index is 13.6. The van der Waals surface area contributed by atoms with Crippen LogP contribution in [0.15, 0.2) is 12.1 Å². The Balaban J connectivity index is 0.000000637. The molecule has 2 heterocycles. The number of benzene rings is 1. The molecule has 1 saturated carbocycles. The van der Waals surface area contributed by atoms with Crippen LogP contribution in [0.5, 0.6) is 0 Å². The van der Waals surface area contributed by atoms with Gasteiger partial charge in [0.2, 0.25) is 5.91 Å². The van der Waals surface area contributed by atoms with E-state index in [1.165, 1.54) is 25.3 Å². The first-order valence-electron chi connectivity index (χ1n) is 9.30. The molecule has 27 heavy (non-hydrogen) atoms. The van der Waals surface area contributed by atoms with E-state index in [2.05, 4.69) is 10.6 Å². The lowest BCUT2D eigenvalue weighted by atomic mass is 10.0. The third kappa shape index (κ3) is 5.42. The van der Waals surface area contributed by atoms with Crippen molar-refractivity contribution in [1.82, 2.24) is 15.5 Å². The normalized spacial score (nSPS) is 20.7. The van der Waals surface area contributed by atoms with Crippen LogP contribution in [0.1, 0.15) is 43.2 Å². The molecule has 4 amide bonds. The largest absolute Gasteiger partial charge is 0.342 e. The first-order chi connectivity index (χ1) is 12.9. The second-order valence-electron chi connectivity index (χ2n) is 7.03. The molecule has 2 N–H and O–H groups in total. The fourth-order valence-corrected chi connectivity index (χ4v) is 3.24. The number of hydrogen-bond acceptors (Lipinski definition) is 3. The van der Waals surface area contributed by atoms with E-state index in [4.69, 9.17) is 11.6 Å². The quantitative estimate of drug-likeness (QED) is 0.772. The van der Waals surface area contributed by atoms with Gasteiger partial charge in [-0.15, -0.1) is 0 Å². The van der Waals surface area contributed by atoms with E-state index >= 15 is 0 Å². The lowest BCUT2D eigenvalue weighted by Gasteiger charge is -2.20. The number of carbonyl (C=O) groups excluding carboxylic acids is 3.